The Morgan fingerprint density at radius 3 is 2.25 bits per heavy atom. The van der Waals surface area contributed by atoms with Crippen LogP contribution in [0, 0.1) is 24.4 Å². The predicted molar refractivity (Wildman–Crippen MR) is 76.1 cm³/mol. The summed E-state index contributed by atoms with van der Waals surface area (Å²) in [6.45, 7) is 1.88. The molecule has 0 aliphatic carbocycles. The first-order valence-corrected chi connectivity index (χ1v) is 6.81. The fraction of sp³-hybridized carbons (Fsp3) is 0.200. The van der Waals surface area contributed by atoms with E-state index in [-0.39, 0.29) is 5.56 Å². The number of benzene rings is 2. The maximum atomic E-state index is 13.9. The van der Waals surface area contributed by atoms with Crippen molar-refractivity contribution < 1.29 is 13.2 Å². The van der Waals surface area contributed by atoms with Crippen LogP contribution in [-0.4, -0.2) is 7.05 Å². The van der Waals surface area contributed by atoms with Crippen LogP contribution in [0.5, 0.6) is 0 Å². The van der Waals surface area contributed by atoms with Gasteiger partial charge < -0.3 is 5.32 Å². The average molecular weight is 344 g/mol. The molecule has 0 saturated carbocycles. The highest BCUT2D eigenvalue weighted by Crippen LogP contribution is 2.29. The molecule has 0 radical (unpaired) electrons. The molecule has 1 N–H and O–H groups in total. The van der Waals surface area contributed by atoms with E-state index in [1.807, 2.05) is 25.1 Å². The highest BCUT2D eigenvalue weighted by molar-refractivity contribution is 9.10. The first kappa shape index (κ1) is 15.1. The quantitative estimate of drug-likeness (QED) is 0.810. The van der Waals surface area contributed by atoms with Gasteiger partial charge in [0.1, 0.15) is 0 Å². The third-order valence-electron chi connectivity index (χ3n) is 3.21. The topological polar surface area (TPSA) is 12.0 Å². The third kappa shape index (κ3) is 2.74. The summed E-state index contributed by atoms with van der Waals surface area (Å²) in [5.41, 5.74) is 1.81. The summed E-state index contributed by atoms with van der Waals surface area (Å²) in [5.74, 6) is -3.79. The van der Waals surface area contributed by atoms with Crippen molar-refractivity contribution in [1.82, 2.24) is 5.32 Å². The highest BCUT2D eigenvalue weighted by Gasteiger charge is 2.22. The van der Waals surface area contributed by atoms with E-state index in [0.29, 0.717) is 0 Å². The van der Waals surface area contributed by atoms with Crippen LogP contribution in [0.1, 0.15) is 22.7 Å². The zero-order valence-corrected chi connectivity index (χ0v) is 12.6. The molecule has 0 aliphatic heterocycles. The summed E-state index contributed by atoms with van der Waals surface area (Å²) >= 11 is 3.36. The van der Waals surface area contributed by atoms with E-state index in [0.717, 1.165) is 21.7 Å². The summed E-state index contributed by atoms with van der Waals surface area (Å²) in [6, 6.07) is 7.18. The monoisotopic (exact) mass is 343 g/mol. The summed E-state index contributed by atoms with van der Waals surface area (Å²) in [5, 5.41) is 2.94. The number of hydrogen-bond donors (Lipinski definition) is 1. The molecule has 0 spiro atoms. The van der Waals surface area contributed by atoms with Crippen LogP contribution in [0.25, 0.3) is 0 Å². The zero-order chi connectivity index (χ0) is 14.9. The molecule has 0 aliphatic rings. The van der Waals surface area contributed by atoms with Gasteiger partial charge in [-0.05, 0) is 43.3 Å². The molecule has 2 aromatic rings. The molecule has 106 valence electrons. The molecule has 0 aromatic heterocycles. The normalized spacial score (nSPS) is 12.5. The summed E-state index contributed by atoms with van der Waals surface area (Å²) < 4.78 is 41.2. The second-order valence-corrected chi connectivity index (χ2v) is 5.40. The lowest BCUT2D eigenvalue weighted by Gasteiger charge is -2.20. The minimum Gasteiger partial charge on any atom is -0.309 e. The maximum absolute atomic E-state index is 13.9. The predicted octanol–water partition coefficient (Wildman–Crippen LogP) is 4.48. The lowest BCUT2D eigenvalue weighted by molar-refractivity contribution is 0.435. The van der Waals surface area contributed by atoms with Gasteiger partial charge in [-0.1, -0.05) is 28.1 Å². The van der Waals surface area contributed by atoms with E-state index in [9.17, 15) is 13.2 Å². The van der Waals surface area contributed by atoms with Crippen LogP contribution in [-0.2, 0) is 0 Å². The molecule has 1 unspecified atom stereocenters. The van der Waals surface area contributed by atoms with Gasteiger partial charge in [-0.2, -0.15) is 0 Å². The Morgan fingerprint density at radius 2 is 1.65 bits per heavy atom. The molecule has 0 bridgehead atoms. The minimum atomic E-state index is -1.45. The van der Waals surface area contributed by atoms with E-state index in [1.165, 1.54) is 6.07 Å². The molecule has 1 nitrogen and oxygen atoms in total. The molecule has 5 heteroatoms. The fourth-order valence-corrected chi connectivity index (χ4v) is 2.68. The molecule has 0 saturated heterocycles. The van der Waals surface area contributed by atoms with Gasteiger partial charge in [0.15, 0.2) is 17.5 Å². The average Bonchev–Trinajstić information content (AvgIpc) is 2.41. The molecule has 1 atom stereocenters. The van der Waals surface area contributed by atoms with Gasteiger partial charge in [-0.3, -0.25) is 0 Å². The Labute approximate surface area is 123 Å². The fourth-order valence-electron chi connectivity index (χ4n) is 2.21. The summed E-state index contributed by atoms with van der Waals surface area (Å²) in [4.78, 5) is 0. The van der Waals surface area contributed by atoms with Crippen LogP contribution in [0.3, 0.4) is 0 Å². The molecule has 0 amide bonds. The van der Waals surface area contributed by atoms with Gasteiger partial charge in [-0.15, -0.1) is 0 Å². The Hall–Kier alpha value is -1.33. The van der Waals surface area contributed by atoms with Crippen molar-refractivity contribution in [2.45, 2.75) is 13.0 Å². The van der Waals surface area contributed by atoms with Crippen molar-refractivity contribution in [3.8, 4) is 0 Å². The largest absolute Gasteiger partial charge is 0.309 e. The van der Waals surface area contributed by atoms with Gasteiger partial charge in [0.05, 0.1) is 6.04 Å². The van der Waals surface area contributed by atoms with Crippen molar-refractivity contribution in [3.63, 3.8) is 0 Å². The zero-order valence-electron chi connectivity index (χ0n) is 11.0. The van der Waals surface area contributed by atoms with Gasteiger partial charge in [0.2, 0.25) is 0 Å². The number of halogens is 4. The van der Waals surface area contributed by atoms with E-state index >= 15 is 0 Å². The molecule has 2 rings (SSSR count). The van der Waals surface area contributed by atoms with E-state index in [2.05, 4.69) is 21.2 Å². The standard InChI is InChI=1S/C15H13BrF3N/c1-8-7-9(16)3-4-10(8)15(20-2)11-5-6-12(17)14(19)13(11)18/h3-7,15,20H,1-2H3. The number of nitrogens with one attached hydrogen (secondary N) is 1. The van der Waals surface area contributed by atoms with Gasteiger partial charge in [0, 0.05) is 10.0 Å². The van der Waals surface area contributed by atoms with Gasteiger partial charge in [-0.25, -0.2) is 13.2 Å². The maximum Gasteiger partial charge on any atom is 0.194 e. The van der Waals surface area contributed by atoms with E-state index < -0.39 is 23.5 Å². The lowest BCUT2D eigenvalue weighted by Crippen LogP contribution is -2.20. The number of rotatable bonds is 3. The van der Waals surface area contributed by atoms with Crippen LogP contribution in [0.4, 0.5) is 13.2 Å². The molecule has 20 heavy (non-hydrogen) atoms. The Bertz CT molecular complexity index is 643. The molecular weight excluding hydrogens is 331 g/mol. The first-order chi connectivity index (χ1) is 9.45. The van der Waals surface area contributed by atoms with Crippen LogP contribution < -0.4 is 5.32 Å². The second-order valence-electron chi connectivity index (χ2n) is 4.49. The Kier molecular flexibility index (Phi) is 4.50. The van der Waals surface area contributed by atoms with Crippen molar-refractivity contribution in [2.75, 3.05) is 7.05 Å². The van der Waals surface area contributed by atoms with E-state index in [1.54, 1.807) is 7.05 Å². The van der Waals surface area contributed by atoms with E-state index in [4.69, 9.17) is 0 Å². The molecule has 2 aromatic carbocycles. The Balaban J connectivity index is 2.55. The molecule has 0 fully saturated rings. The van der Waals surface area contributed by atoms with Crippen LogP contribution in [0.2, 0.25) is 0 Å². The molecule has 0 heterocycles. The summed E-state index contributed by atoms with van der Waals surface area (Å²) in [6.07, 6.45) is 0. The van der Waals surface area contributed by atoms with Crippen molar-refractivity contribution in [1.29, 1.82) is 0 Å². The van der Waals surface area contributed by atoms with Crippen molar-refractivity contribution >= 4 is 15.9 Å². The summed E-state index contributed by atoms with van der Waals surface area (Å²) in [7, 11) is 1.65. The van der Waals surface area contributed by atoms with Gasteiger partial charge >= 0.3 is 0 Å². The number of hydrogen-bond acceptors (Lipinski definition) is 1. The van der Waals surface area contributed by atoms with Crippen molar-refractivity contribution in [3.05, 3.63) is 68.9 Å². The first-order valence-electron chi connectivity index (χ1n) is 6.02. The highest BCUT2D eigenvalue weighted by atomic mass is 79.9. The van der Waals surface area contributed by atoms with Crippen LogP contribution >= 0.6 is 15.9 Å². The second kappa shape index (κ2) is 5.97. The molecular formula is C15H13BrF3N. The Morgan fingerprint density at radius 1 is 1.00 bits per heavy atom. The SMILES string of the molecule is CNC(c1ccc(Br)cc1C)c1ccc(F)c(F)c1F. The van der Waals surface area contributed by atoms with Crippen LogP contribution in [0.15, 0.2) is 34.8 Å². The van der Waals surface area contributed by atoms with Crippen molar-refractivity contribution in [2.24, 2.45) is 0 Å². The lowest BCUT2D eigenvalue weighted by atomic mass is 9.94. The smallest absolute Gasteiger partial charge is 0.194 e. The minimum absolute atomic E-state index is 0.0804. The number of aryl methyl sites for hydroxylation is 1. The third-order valence-corrected chi connectivity index (χ3v) is 3.70. The van der Waals surface area contributed by atoms with Gasteiger partial charge in [0.25, 0.3) is 0 Å².